The second-order valence-corrected chi connectivity index (χ2v) is 7.18. The van der Waals surface area contributed by atoms with Crippen LogP contribution in [0.5, 0.6) is 0 Å². The van der Waals surface area contributed by atoms with Gasteiger partial charge in [0, 0.05) is 13.1 Å². The molecule has 6 nitrogen and oxygen atoms in total. The molecule has 1 spiro atoms. The Kier molecular flexibility index (Phi) is 4.51. The summed E-state index contributed by atoms with van der Waals surface area (Å²) in [5.41, 5.74) is 4.21. The standard InChI is InChI=1S/C18H24N2O4/c1-17(2,3)22-16(21)23-20-11-9-18(10-12-20)13-15(19-24-18)14-7-5-4-6-8-14/h4-8,13,19H,9-12H2,1-3H3. The number of benzene rings is 1. The van der Waals surface area contributed by atoms with Gasteiger partial charge in [-0.05, 0) is 45.3 Å². The first-order valence-corrected chi connectivity index (χ1v) is 8.23. The number of hydrogen-bond acceptors (Lipinski definition) is 6. The third kappa shape index (κ3) is 4.07. The Labute approximate surface area is 142 Å². The molecule has 0 amide bonds. The van der Waals surface area contributed by atoms with Crippen LogP contribution in [0.4, 0.5) is 4.79 Å². The molecular formula is C18H24N2O4. The Morgan fingerprint density at radius 3 is 2.50 bits per heavy atom. The molecule has 2 aliphatic heterocycles. The van der Waals surface area contributed by atoms with Crippen LogP contribution < -0.4 is 5.48 Å². The molecule has 3 rings (SSSR count). The lowest BCUT2D eigenvalue weighted by molar-refractivity contribution is -0.179. The molecule has 1 aromatic carbocycles. The zero-order chi connectivity index (χ0) is 17.2. The number of rotatable bonds is 2. The molecule has 1 fully saturated rings. The number of hydroxylamine groups is 3. The average Bonchev–Trinajstić information content (AvgIpc) is 2.93. The van der Waals surface area contributed by atoms with Crippen LogP contribution in [0.25, 0.3) is 5.70 Å². The molecular weight excluding hydrogens is 308 g/mol. The van der Waals surface area contributed by atoms with Crippen molar-refractivity contribution in [2.45, 2.75) is 44.8 Å². The molecule has 24 heavy (non-hydrogen) atoms. The summed E-state index contributed by atoms with van der Waals surface area (Å²) in [5, 5.41) is 1.64. The highest BCUT2D eigenvalue weighted by Crippen LogP contribution is 2.34. The van der Waals surface area contributed by atoms with Gasteiger partial charge in [-0.2, -0.15) is 0 Å². The van der Waals surface area contributed by atoms with Crippen LogP contribution in [0.3, 0.4) is 0 Å². The number of ether oxygens (including phenoxy) is 1. The van der Waals surface area contributed by atoms with Gasteiger partial charge in [-0.3, -0.25) is 10.3 Å². The van der Waals surface area contributed by atoms with Gasteiger partial charge in [0.05, 0.1) is 5.70 Å². The Bertz CT molecular complexity index is 614. The van der Waals surface area contributed by atoms with Gasteiger partial charge >= 0.3 is 6.16 Å². The second-order valence-electron chi connectivity index (χ2n) is 7.18. The molecule has 0 aliphatic carbocycles. The van der Waals surface area contributed by atoms with E-state index in [-0.39, 0.29) is 5.60 Å². The summed E-state index contributed by atoms with van der Waals surface area (Å²) in [5.74, 6) is 0. The van der Waals surface area contributed by atoms with E-state index in [4.69, 9.17) is 14.4 Å². The van der Waals surface area contributed by atoms with Gasteiger partial charge in [0.1, 0.15) is 11.2 Å². The summed E-state index contributed by atoms with van der Waals surface area (Å²) in [7, 11) is 0. The smallest absolute Gasteiger partial charge is 0.427 e. The lowest BCUT2D eigenvalue weighted by Crippen LogP contribution is -2.45. The highest BCUT2D eigenvalue weighted by Gasteiger charge is 2.40. The summed E-state index contributed by atoms with van der Waals surface area (Å²) < 4.78 is 5.17. The minimum absolute atomic E-state index is 0.348. The number of carbonyl (C=O) groups is 1. The van der Waals surface area contributed by atoms with Crippen molar-refractivity contribution in [2.24, 2.45) is 0 Å². The minimum Gasteiger partial charge on any atom is -0.427 e. The summed E-state index contributed by atoms with van der Waals surface area (Å²) >= 11 is 0. The third-order valence-electron chi connectivity index (χ3n) is 4.02. The van der Waals surface area contributed by atoms with E-state index in [9.17, 15) is 4.79 Å². The van der Waals surface area contributed by atoms with E-state index in [0.717, 1.165) is 24.1 Å². The van der Waals surface area contributed by atoms with Crippen LogP contribution in [-0.2, 0) is 14.4 Å². The van der Waals surface area contributed by atoms with E-state index in [1.165, 1.54) is 0 Å². The van der Waals surface area contributed by atoms with Crippen molar-refractivity contribution < 1.29 is 19.2 Å². The predicted molar refractivity (Wildman–Crippen MR) is 89.5 cm³/mol. The fraction of sp³-hybridized carbons (Fsp3) is 0.500. The van der Waals surface area contributed by atoms with Crippen LogP contribution in [0.2, 0.25) is 0 Å². The molecule has 1 saturated heterocycles. The molecule has 0 radical (unpaired) electrons. The van der Waals surface area contributed by atoms with Crippen LogP contribution in [0.1, 0.15) is 39.2 Å². The van der Waals surface area contributed by atoms with Crippen LogP contribution in [0, 0.1) is 0 Å². The monoisotopic (exact) mass is 332 g/mol. The topological polar surface area (TPSA) is 60.0 Å². The van der Waals surface area contributed by atoms with Crippen LogP contribution >= 0.6 is 0 Å². The van der Waals surface area contributed by atoms with Crippen molar-refractivity contribution >= 4 is 11.9 Å². The van der Waals surface area contributed by atoms with E-state index in [0.29, 0.717) is 13.1 Å². The SMILES string of the molecule is CC(C)(C)OC(=O)ON1CCC2(C=C(c3ccccc3)NO2)CC1. The first kappa shape index (κ1) is 16.8. The molecule has 6 heteroatoms. The van der Waals surface area contributed by atoms with Crippen LogP contribution in [0.15, 0.2) is 36.4 Å². The summed E-state index contributed by atoms with van der Waals surface area (Å²) in [4.78, 5) is 22.8. The molecule has 130 valence electrons. The predicted octanol–water partition coefficient (Wildman–Crippen LogP) is 3.26. The van der Waals surface area contributed by atoms with Gasteiger partial charge in [0.2, 0.25) is 0 Å². The zero-order valence-electron chi connectivity index (χ0n) is 14.4. The van der Waals surface area contributed by atoms with Gasteiger partial charge in [0.15, 0.2) is 0 Å². The number of nitrogens with one attached hydrogen (secondary N) is 1. The largest absolute Gasteiger partial charge is 0.528 e. The lowest BCUT2D eigenvalue weighted by Gasteiger charge is -2.35. The molecule has 1 aromatic rings. The molecule has 0 atom stereocenters. The quantitative estimate of drug-likeness (QED) is 0.839. The number of hydrogen-bond donors (Lipinski definition) is 1. The van der Waals surface area contributed by atoms with E-state index in [2.05, 4.69) is 11.6 Å². The molecule has 2 aliphatic rings. The Balaban J connectivity index is 1.56. The van der Waals surface area contributed by atoms with Gasteiger partial charge < -0.3 is 9.57 Å². The lowest BCUT2D eigenvalue weighted by atomic mass is 9.91. The molecule has 0 saturated carbocycles. The van der Waals surface area contributed by atoms with Gasteiger partial charge in [-0.25, -0.2) is 4.79 Å². The maximum atomic E-state index is 11.7. The number of piperidine rings is 1. The van der Waals surface area contributed by atoms with Crippen molar-refractivity contribution in [3.63, 3.8) is 0 Å². The maximum absolute atomic E-state index is 11.7. The third-order valence-corrected chi connectivity index (χ3v) is 4.02. The molecule has 1 N–H and O–H groups in total. The molecule has 2 heterocycles. The van der Waals surface area contributed by atoms with Gasteiger partial charge in [0.25, 0.3) is 0 Å². The van der Waals surface area contributed by atoms with Crippen LogP contribution in [-0.4, -0.2) is 35.5 Å². The highest BCUT2D eigenvalue weighted by molar-refractivity contribution is 5.65. The number of carbonyl (C=O) groups excluding carboxylic acids is 1. The molecule has 0 aromatic heterocycles. The Morgan fingerprint density at radius 2 is 1.88 bits per heavy atom. The number of nitrogens with zero attached hydrogens (tertiary/aromatic N) is 1. The molecule has 0 bridgehead atoms. The molecule has 0 unspecified atom stereocenters. The zero-order valence-corrected chi connectivity index (χ0v) is 14.4. The summed E-state index contributed by atoms with van der Waals surface area (Å²) in [6.45, 7) is 6.63. The van der Waals surface area contributed by atoms with Crippen molar-refractivity contribution in [1.82, 2.24) is 10.5 Å². The van der Waals surface area contributed by atoms with E-state index < -0.39 is 11.8 Å². The maximum Gasteiger partial charge on any atom is 0.528 e. The minimum atomic E-state index is -0.663. The normalized spacial score (nSPS) is 20.4. The van der Waals surface area contributed by atoms with E-state index >= 15 is 0 Å². The first-order valence-electron chi connectivity index (χ1n) is 8.23. The first-order chi connectivity index (χ1) is 11.4. The highest BCUT2D eigenvalue weighted by atomic mass is 16.8. The average molecular weight is 332 g/mol. The van der Waals surface area contributed by atoms with E-state index in [1.54, 1.807) is 5.06 Å². The summed E-state index contributed by atoms with van der Waals surface area (Å²) in [6, 6.07) is 10.1. The fourth-order valence-corrected chi connectivity index (χ4v) is 2.81. The van der Waals surface area contributed by atoms with Gasteiger partial charge in [-0.15, -0.1) is 5.06 Å². The Morgan fingerprint density at radius 1 is 1.21 bits per heavy atom. The van der Waals surface area contributed by atoms with E-state index in [1.807, 2.05) is 51.1 Å². The van der Waals surface area contributed by atoms with Gasteiger partial charge in [-0.1, -0.05) is 30.3 Å². The second kappa shape index (κ2) is 6.45. The van der Waals surface area contributed by atoms with Crippen molar-refractivity contribution in [3.05, 3.63) is 42.0 Å². The Hall–Kier alpha value is -2.05. The van der Waals surface area contributed by atoms with Crippen molar-refractivity contribution in [3.8, 4) is 0 Å². The van der Waals surface area contributed by atoms with Crippen molar-refractivity contribution in [2.75, 3.05) is 13.1 Å². The fourth-order valence-electron chi connectivity index (χ4n) is 2.81. The van der Waals surface area contributed by atoms with Crippen molar-refractivity contribution in [1.29, 1.82) is 0 Å². The summed E-state index contributed by atoms with van der Waals surface area (Å²) in [6.07, 6.45) is 2.94.